The summed E-state index contributed by atoms with van der Waals surface area (Å²) in [6.07, 6.45) is 4.47. The summed E-state index contributed by atoms with van der Waals surface area (Å²) in [5.74, 6) is -0.481. The average molecular weight is 284 g/mol. The monoisotopic (exact) mass is 284 g/mol. The quantitative estimate of drug-likeness (QED) is 0.531. The third-order valence-electron chi connectivity index (χ3n) is 4.06. The van der Waals surface area contributed by atoms with E-state index in [9.17, 15) is 9.59 Å². The molecule has 1 aliphatic carbocycles. The highest BCUT2D eigenvalue weighted by Gasteiger charge is 2.55. The lowest BCUT2D eigenvalue weighted by atomic mass is 9.69. The lowest BCUT2D eigenvalue weighted by molar-refractivity contribution is -0.178. The zero-order valence-electron chi connectivity index (χ0n) is 13.2. The van der Waals surface area contributed by atoms with Gasteiger partial charge in [0.15, 0.2) is 5.41 Å². The van der Waals surface area contributed by atoms with Crippen LogP contribution in [0.15, 0.2) is 0 Å². The minimum atomic E-state index is -1.10. The molecule has 4 heteroatoms. The maximum Gasteiger partial charge on any atom is 0.323 e. The van der Waals surface area contributed by atoms with Crippen LogP contribution in [0.3, 0.4) is 0 Å². The maximum absolute atomic E-state index is 12.6. The Bertz CT molecular complexity index is 311. The van der Waals surface area contributed by atoms with Crippen molar-refractivity contribution in [1.82, 2.24) is 0 Å². The first-order valence-electron chi connectivity index (χ1n) is 7.83. The summed E-state index contributed by atoms with van der Waals surface area (Å²) in [6.45, 7) is 8.20. The Hall–Kier alpha value is -1.06. The lowest BCUT2D eigenvalue weighted by Crippen LogP contribution is -2.48. The average Bonchev–Trinajstić information content (AvgIpc) is 2.90. The third kappa shape index (κ3) is 3.53. The molecule has 0 unspecified atom stereocenters. The van der Waals surface area contributed by atoms with Gasteiger partial charge in [-0.2, -0.15) is 0 Å². The van der Waals surface area contributed by atoms with Gasteiger partial charge in [0.05, 0.1) is 13.2 Å². The van der Waals surface area contributed by atoms with Crippen molar-refractivity contribution >= 4 is 11.9 Å². The molecule has 0 aromatic heterocycles. The molecule has 0 N–H and O–H groups in total. The fourth-order valence-corrected chi connectivity index (χ4v) is 3.33. The SMILES string of the molecule is CCOC(=O)C(CC(C)C)(C(=O)OCC)C1CCCC1. The van der Waals surface area contributed by atoms with Gasteiger partial charge in [-0.25, -0.2) is 0 Å². The van der Waals surface area contributed by atoms with E-state index in [1.165, 1.54) is 0 Å². The van der Waals surface area contributed by atoms with Gasteiger partial charge >= 0.3 is 11.9 Å². The number of hydrogen-bond donors (Lipinski definition) is 0. The van der Waals surface area contributed by atoms with E-state index in [0.717, 1.165) is 25.7 Å². The van der Waals surface area contributed by atoms with Crippen molar-refractivity contribution in [2.45, 2.75) is 59.8 Å². The first-order valence-corrected chi connectivity index (χ1v) is 7.83. The van der Waals surface area contributed by atoms with Gasteiger partial charge in [0.1, 0.15) is 0 Å². The summed E-state index contributed by atoms with van der Waals surface area (Å²) >= 11 is 0. The maximum atomic E-state index is 12.6. The highest BCUT2D eigenvalue weighted by Crippen LogP contribution is 2.46. The zero-order chi connectivity index (χ0) is 15.2. The van der Waals surface area contributed by atoms with Gasteiger partial charge < -0.3 is 9.47 Å². The molecule has 0 aliphatic heterocycles. The van der Waals surface area contributed by atoms with E-state index in [1.807, 2.05) is 13.8 Å². The molecule has 1 rings (SSSR count). The fourth-order valence-electron chi connectivity index (χ4n) is 3.33. The Labute approximate surface area is 122 Å². The van der Waals surface area contributed by atoms with Crippen molar-refractivity contribution in [3.8, 4) is 0 Å². The van der Waals surface area contributed by atoms with Crippen LogP contribution < -0.4 is 0 Å². The van der Waals surface area contributed by atoms with Gasteiger partial charge in [0.2, 0.25) is 0 Å². The molecule has 0 aromatic rings. The number of ether oxygens (including phenoxy) is 2. The van der Waals surface area contributed by atoms with E-state index in [-0.39, 0.29) is 23.8 Å². The van der Waals surface area contributed by atoms with Crippen LogP contribution in [0.5, 0.6) is 0 Å². The Kier molecular flexibility index (Phi) is 6.50. The van der Waals surface area contributed by atoms with E-state index >= 15 is 0 Å². The van der Waals surface area contributed by atoms with Crippen LogP contribution in [0.2, 0.25) is 0 Å². The van der Waals surface area contributed by atoms with Crippen molar-refractivity contribution in [3.63, 3.8) is 0 Å². The predicted octanol–water partition coefficient (Wildman–Crippen LogP) is 3.34. The van der Waals surface area contributed by atoms with Crippen LogP contribution in [0, 0.1) is 17.3 Å². The van der Waals surface area contributed by atoms with Crippen molar-refractivity contribution in [3.05, 3.63) is 0 Å². The lowest BCUT2D eigenvalue weighted by Gasteiger charge is -2.35. The molecule has 0 amide bonds. The second-order valence-electron chi connectivity index (χ2n) is 5.99. The molecule has 0 spiro atoms. The van der Waals surface area contributed by atoms with Crippen LogP contribution >= 0.6 is 0 Å². The molecular weight excluding hydrogens is 256 g/mol. The topological polar surface area (TPSA) is 52.6 Å². The standard InChI is InChI=1S/C16H28O4/c1-5-19-14(17)16(11-12(3)4,15(18)20-6-2)13-9-7-8-10-13/h12-13H,5-11H2,1-4H3. The molecular formula is C16H28O4. The third-order valence-corrected chi connectivity index (χ3v) is 4.06. The van der Waals surface area contributed by atoms with Crippen LogP contribution in [0.4, 0.5) is 0 Å². The zero-order valence-corrected chi connectivity index (χ0v) is 13.2. The fraction of sp³-hybridized carbons (Fsp3) is 0.875. The molecule has 0 aromatic carbocycles. The first-order chi connectivity index (χ1) is 9.48. The summed E-state index contributed by atoms with van der Waals surface area (Å²) in [5, 5.41) is 0. The van der Waals surface area contributed by atoms with Crippen molar-refractivity contribution in [2.24, 2.45) is 17.3 Å². The number of rotatable bonds is 7. The molecule has 1 saturated carbocycles. The second kappa shape index (κ2) is 7.65. The molecule has 0 bridgehead atoms. The first kappa shape index (κ1) is 17.0. The Balaban J connectivity index is 3.15. The van der Waals surface area contributed by atoms with Crippen LogP contribution in [-0.2, 0) is 19.1 Å². The summed E-state index contributed by atoms with van der Waals surface area (Å²) in [5.41, 5.74) is -1.10. The highest BCUT2D eigenvalue weighted by molar-refractivity contribution is 6.00. The van der Waals surface area contributed by atoms with Crippen LogP contribution in [0.1, 0.15) is 59.8 Å². The van der Waals surface area contributed by atoms with E-state index in [2.05, 4.69) is 0 Å². The molecule has 0 saturated heterocycles. The van der Waals surface area contributed by atoms with E-state index in [0.29, 0.717) is 19.6 Å². The van der Waals surface area contributed by atoms with Gasteiger partial charge in [-0.15, -0.1) is 0 Å². The smallest absolute Gasteiger partial charge is 0.323 e. The summed E-state index contributed by atoms with van der Waals surface area (Å²) in [4.78, 5) is 25.2. The van der Waals surface area contributed by atoms with E-state index in [4.69, 9.17) is 9.47 Å². The highest BCUT2D eigenvalue weighted by atomic mass is 16.6. The molecule has 0 atom stereocenters. The minimum absolute atomic E-state index is 0.0583. The van der Waals surface area contributed by atoms with Crippen molar-refractivity contribution < 1.29 is 19.1 Å². The van der Waals surface area contributed by atoms with E-state index < -0.39 is 5.41 Å². The van der Waals surface area contributed by atoms with Gasteiger partial charge in [0, 0.05) is 0 Å². The van der Waals surface area contributed by atoms with Gasteiger partial charge in [-0.3, -0.25) is 9.59 Å². The van der Waals surface area contributed by atoms with Gasteiger partial charge in [-0.05, 0) is 44.9 Å². The molecule has 0 heterocycles. The molecule has 0 radical (unpaired) electrons. The molecule has 1 aliphatic rings. The van der Waals surface area contributed by atoms with Crippen molar-refractivity contribution in [1.29, 1.82) is 0 Å². The number of carbonyl (C=O) groups excluding carboxylic acids is 2. The van der Waals surface area contributed by atoms with Crippen molar-refractivity contribution in [2.75, 3.05) is 13.2 Å². The number of esters is 2. The Morgan fingerprint density at radius 3 is 1.85 bits per heavy atom. The summed E-state index contributed by atoms with van der Waals surface area (Å²) in [7, 11) is 0. The van der Waals surface area contributed by atoms with E-state index in [1.54, 1.807) is 13.8 Å². The number of hydrogen-bond acceptors (Lipinski definition) is 4. The largest absolute Gasteiger partial charge is 0.465 e. The Morgan fingerprint density at radius 1 is 1.05 bits per heavy atom. The molecule has 116 valence electrons. The van der Waals surface area contributed by atoms with Gasteiger partial charge in [-0.1, -0.05) is 26.7 Å². The minimum Gasteiger partial charge on any atom is -0.465 e. The van der Waals surface area contributed by atoms with Gasteiger partial charge in [0.25, 0.3) is 0 Å². The van der Waals surface area contributed by atoms with Crippen LogP contribution in [-0.4, -0.2) is 25.2 Å². The second-order valence-corrected chi connectivity index (χ2v) is 5.99. The summed E-state index contributed by atoms with van der Waals surface area (Å²) in [6, 6.07) is 0. The number of carbonyl (C=O) groups is 2. The predicted molar refractivity (Wildman–Crippen MR) is 77.1 cm³/mol. The molecule has 4 nitrogen and oxygen atoms in total. The normalized spacial score (nSPS) is 16.4. The Morgan fingerprint density at radius 2 is 1.50 bits per heavy atom. The molecule has 20 heavy (non-hydrogen) atoms. The summed E-state index contributed by atoms with van der Waals surface area (Å²) < 4.78 is 10.5. The van der Waals surface area contributed by atoms with Crippen LogP contribution in [0.25, 0.3) is 0 Å². The molecule has 1 fully saturated rings.